The summed E-state index contributed by atoms with van der Waals surface area (Å²) in [5.74, 6) is 0.793. The first-order valence-electron chi connectivity index (χ1n) is 9.13. The van der Waals surface area contributed by atoms with Crippen LogP contribution in [0.1, 0.15) is 31.9 Å². The minimum absolute atomic E-state index is 0.0457. The van der Waals surface area contributed by atoms with Gasteiger partial charge in [-0.05, 0) is 26.8 Å². The number of hydrogen-bond acceptors (Lipinski definition) is 5. The van der Waals surface area contributed by atoms with Crippen LogP contribution in [0.3, 0.4) is 0 Å². The van der Waals surface area contributed by atoms with Crippen molar-refractivity contribution >= 4 is 11.8 Å². The molecule has 1 aliphatic heterocycles. The van der Waals surface area contributed by atoms with Crippen LogP contribution in [0, 0.1) is 6.92 Å². The van der Waals surface area contributed by atoms with E-state index in [9.17, 15) is 4.79 Å². The lowest BCUT2D eigenvalue weighted by Gasteiger charge is -2.29. The van der Waals surface area contributed by atoms with Gasteiger partial charge < -0.3 is 19.1 Å². The molecular formula is C20H27N3O3. The maximum Gasteiger partial charge on any atom is 0.233 e. The lowest BCUT2D eigenvalue weighted by Crippen LogP contribution is -2.38. The number of nitrogens with zero attached hydrogens (tertiary/aromatic N) is 3. The number of carbonyl (C=O) groups excluding carboxylic acids is 1. The highest BCUT2D eigenvalue weighted by Crippen LogP contribution is 2.33. The first-order valence-corrected chi connectivity index (χ1v) is 9.13. The van der Waals surface area contributed by atoms with Crippen LogP contribution in [0.5, 0.6) is 0 Å². The summed E-state index contributed by atoms with van der Waals surface area (Å²) in [7, 11) is 0. The molecule has 140 valence electrons. The average Bonchev–Trinajstić information content (AvgIpc) is 3.03. The van der Waals surface area contributed by atoms with Gasteiger partial charge in [-0.3, -0.25) is 4.79 Å². The number of carbonyl (C=O) groups is 1. The number of anilines is 1. The van der Waals surface area contributed by atoms with Crippen LogP contribution >= 0.6 is 0 Å². The van der Waals surface area contributed by atoms with Crippen molar-refractivity contribution in [2.75, 3.05) is 31.2 Å². The van der Waals surface area contributed by atoms with Crippen molar-refractivity contribution in [1.29, 1.82) is 0 Å². The number of ether oxygens (including phenoxy) is 1. The fourth-order valence-corrected chi connectivity index (χ4v) is 3.31. The molecule has 2 aromatic rings. The molecule has 1 aromatic carbocycles. The van der Waals surface area contributed by atoms with E-state index in [1.54, 1.807) is 6.92 Å². The molecule has 1 fully saturated rings. The molecule has 26 heavy (non-hydrogen) atoms. The summed E-state index contributed by atoms with van der Waals surface area (Å²) in [6, 6.07) is 8.30. The zero-order valence-electron chi connectivity index (χ0n) is 16.0. The molecule has 3 rings (SSSR count). The minimum atomic E-state index is 0.0457. The van der Waals surface area contributed by atoms with E-state index in [0.29, 0.717) is 19.8 Å². The van der Waals surface area contributed by atoms with Gasteiger partial charge in [0.1, 0.15) is 5.69 Å². The highest BCUT2D eigenvalue weighted by molar-refractivity contribution is 5.75. The summed E-state index contributed by atoms with van der Waals surface area (Å²) in [6.07, 6.45) is 0. The van der Waals surface area contributed by atoms with Crippen LogP contribution in [0.25, 0.3) is 11.3 Å². The molecule has 0 atom stereocenters. The van der Waals surface area contributed by atoms with E-state index in [4.69, 9.17) is 9.26 Å². The molecule has 1 saturated heterocycles. The Hall–Kier alpha value is -2.34. The Labute approximate surface area is 154 Å². The lowest BCUT2D eigenvalue weighted by molar-refractivity contribution is -0.131. The molecule has 0 spiro atoms. The normalized spacial score (nSPS) is 14.7. The third-order valence-electron chi connectivity index (χ3n) is 4.71. The molecule has 2 heterocycles. The summed E-state index contributed by atoms with van der Waals surface area (Å²) in [5, 5.41) is 4.38. The minimum Gasteiger partial charge on any atom is -0.378 e. The van der Waals surface area contributed by atoms with E-state index >= 15 is 0 Å². The van der Waals surface area contributed by atoms with E-state index < -0.39 is 0 Å². The van der Waals surface area contributed by atoms with Crippen molar-refractivity contribution < 1.29 is 14.1 Å². The summed E-state index contributed by atoms with van der Waals surface area (Å²) >= 11 is 0. The molecule has 6 nitrogen and oxygen atoms in total. The van der Waals surface area contributed by atoms with Gasteiger partial charge in [0.05, 0.1) is 25.3 Å². The Morgan fingerprint density at radius 2 is 2.04 bits per heavy atom. The van der Waals surface area contributed by atoms with Gasteiger partial charge in [-0.25, -0.2) is 0 Å². The van der Waals surface area contributed by atoms with E-state index in [0.717, 1.165) is 41.4 Å². The molecule has 0 unspecified atom stereocenters. The van der Waals surface area contributed by atoms with Crippen molar-refractivity contribution in [1.82, 2.24) is 10.1 Å². The Kier molecular flexibility index (Phi) is 5.61. The summed E-state index contributed by atoms with van der Waals surface area (Å²) in [4.78, 5) is 16.1. The van der Waals surface area contributed by atoms with Gasteiger partial charge in [0.25, 0.3) is 0 Å². The first-order chi connectivity index (χ1) is 12.5. The van der Waals surface area contributed by atoms with Crippen LogP contribution in [0.2, 0.25) is 0 Å². The summed E-state index contributed by atoms with van der Waals surface area (Å²) in [6.45, 7) is 11.0. The SMILES string of the molecule is CC(=O)N(Cc1c(-c2cccc(C)c2)noc1N1CCOCC1)C(C)C. The van der Waals surface area contributed by atoms with Crippen LogP contribution < -0.4 is 4.90 Å². The Morgan fingerprint density at radius 3 is 2.65 bits per heavy atom. The van der Waals surface area contributed by atoms with Gasteiger partial charge in [0, 0.05) is 31.6 Å². The van der Waals surface area contributed by atoms with Crippen molar-refractivity contribution in [2.45, 2.75) is 40.3 Å². The maximum absolute atomic E-state index is 12.1. The molecule has 0 aliphatic carbocycles. The van der Waals surface area contributed by atoms with Crippen molar-refractivity contribution in [3.8, 4) is 11.3 Å². The molecule has 1 amide bonds. The van der Waals surface area contributed by atoms with Crippen LogP contribution in [0.15, 0.2) is 28.8 Å². The Bertz CT molecular complexity index is 763. The third-order valence-corrected chi connectivity index (χ3v) is 4.71. The van der Waals surface area contributed by atoms with Crippen molar-refractivity contribution in [3.05, 3.63) is 35.4 Å². The fraction of sp³-hybridized carbons (Fsp3) is 0.500. The van der Waals surface area contributed by atoms with Gasteiger partial charge in [-0.2, -0.15) is 0 Å². The number of hydrogen-bond donors (Lipinski definition) is 0. The standard InChI is InChI=1S/C20H27N3O3/c1-14(2)23(16(4)24)13-18-19(17-7-5-6-15(3)12-17)21-26-20(18)22-8-10-25-11-9-22/h5-7,12,14H,8-11,13H2,1-4H3. The quantitative estimate of drug-likeness (QED) is 0.822. The molecule has 0 radical (unpaired) electrons. The van der Waals surface area contributed by atoms with E-state index in [-0.39, 0.29) is 11.9 Å². The molecule has 0 saturated carbocycles. The number of aryl methyl sites for hydroxylation is 1. The van der Waals surface area contributed by atoms with Crippen molar-refractivity contribution in [3.63, 3.8) is 0 Å². The third kappa shape index (κ3) is 3.90. The van der Waals surface area contributed by atoms with Crippen molar-refractivity contribution in [2.24, 2.45) is 0 Å². The second-order valence-corrected chi connectivity index (χ2v) is 7.02. The Balaban J connectivity index is 2.04. The number of rotatable bonds is 5. The highest BCUT2D eigenvalue weighted by Gasteiger charge is 2.27. The van der Waals surface area contributed by atoms with Crippen LogP contribution in [0.4, 0.5) is 5.88 Å². The topological polar surface area (TPSA) is 58.8 Å². The van der Waals surface area contributed by atoms with Gasteiger partial charge in [0.15, 0.2) is 0 Å². The zero-order chi connectivity index (χ0) is 18.7. The van der Waals surface area contributed by atoms with Gasteiger partial charge in [-0.15, -0.1) is 0 Å². The summed E-state index contributed by atoms with van der Waals surface area (Å²) < 4.78 is 11.2. The number of aromatic nitrogens is 1. The molecule has 6 heteroatoms. The molecule has 0 N–H and O–H groups in total. The predicted octanol–water partition coefficient (Wildman–Crippen LogP) is 3.24. The molecular weight excluding hydrogens is 330 g/mol. The lowest BCUT2D eigenvalue weighted by atomic mass is 10.0. The second kappa shape index (κ2) is 7.91. The van der Waals surface area contributed by atoms with E-state index in [1.807, 2.05) is 30.9 Å². The smallest absolute Gasteiger partial charge is 0.233 e. The number of amides is 1. The second-order valence-electron chi connectivity index (χ2n) is 7.02. The average molecular weight is 357 g/mol. The zero-order valence-corrected chi connectivity index (χ0v) is 16.0. The summed E-state index contributed by atoms with van der Waals surface area (Å²) in [5.41, 5.74) is 3.94. The van der Waals surface area contributed by atoms with Crippen LogP contribution in [-0.4, -0.2) is 48.3 Å². The predicted molar refractivity (Wildman–Crippen MR) is 101 cm³/mol. The van der Waals surface area contributed by atoms with Crippen LogP contribution in [-0.2, 0) is 16.1 Å². The van der Waals surface area contributed by atoms with E-state index in [2.05, 4.69) is 29.1 Å². The van der Waals surface area contributed by atoms with Gasteiger partial charge in [0.2, 0.25) is 11.8 Å². The number of morpholine rings is 1. The number of benzene rings is 1. The largest absolute Gasteiger partial charge is 0.378 e. The molecule has 1 aromatic heterocycles. The Morgan fingerprint density at radius 1 is 1.31 bits per heavy atom. The van der Waals surface area contributed by atoms with Gasteiger partial charge >= 0.3 is 0 Å². The van der Waals surface area contributed by atoms with E-state index in [1.165, 1.54) is 0 Å². The maximum atomic E-state index is 12.1. The first kappa shape index (κ1) is 18.5. The monoisotopic (exact) mass is 357 g/mol. The molecule has 1 aliphatic rings. The molecule has 0 bridgehead atoms. The van der Waals surface area contributed by atoms with Gasteiger partial charge in [-0.1, -0.05) is 28.9 Å². The highest BCUT2D eigenvalue weighted by atomic mass is 16.5. The fourth-order valence-electron chi connectivity index (χ4n) is 3.31.